The molecule has 0 unspecified atom stereocenters. The van der Waals surface area contributed by atoms with Gasteiger partial charge in [0.05, 0.1) is 6.61 Å². The molecule has 1 nitrogen and oxygen atoms in total. The molecule has 0 atom stereocenters. The van der Waals surface area contributed by atoms with Crippen molar-refractivity contribution in [3.05, 3.63) is 65.5 Å². The van der Waals surface area contributed by atoms with Crippen LogP contribution in [0.3, 0.4) is 0 Å². The van der Waals surface area contributed by atoms with Crippen LogP contribution in [0, 0.1) is 23.4 Å². The first-order valence-corrected chi connectivity index (χ1v) is 9.58. The quantitative estimate of drug-likeness (QED) is 0.511. The topological polar surface area (TPSA) is 9.23 Å². The molecule has 2 aromatic carbocycles. The first-order valence-electron chi connectivity index (χ1n) is 9.58. The van der Waals surface area contributed by atoms with Crippen molar-refractivity contribution < 1.29 is 17.9 Å². The molecule has 0 aromatic heterocycles. The number of rotatable bonds is 5. The SMILES string of the molecule is C/C=C/C1CCC(c2ccc(-c3ccc(OCC)c(F)c3F)cc2F)CC1. The van der Waals surface area contributed by atoms with E-state index < -0.39 is 11.6 Å². The van der Waals surface area contributed by atoms with Gasteiger partial charge in [-0.05, 0) is 80.7 Å². The lowest BCUT2D eigenvalue weighted by atomic mass is 9.78. The molecule has 1 aliphatic rings. The highest BCUT2D eigenvalue weighted by atomic mass is 19.2. The Balaban J connectivity index is 1.82. The van der Waals surface area contributed by atoms with E-state index in [2.05, 4.69) is 12.2 Å². The van der Waals surface area contributed by atoms with Gasteiger partial charge in [-0.25, -0.2) is 8.78 Å². The maximum atomic E-state index is 14.7. The molecule has 1 fully saturated rings. The molecular weight excluding hydrogens is 349 g/mol. The highest BCUT2D eigenvalue weighted by Crippen LogP contribution is 2.39. The molecule has 0 saturated heterocycles. The summed E-state index contributed by atoms with van der Waals surface area (Å²) in [5, 5.41) is 0. The Morgan fingerprint density at radius 1 is 1.00 bits per heavy atom. The van der Waals surface area contributed by atoms with E-state index in [9.17, 15) is 13.2 Å². The molecule has 0 spiro atoms. The van der Waals surface area contributed by atoms with Crippen LogP contribution in [0.4, 0.5) is 13.2 Å². The standard InChI is InChI=1S/C23H25F3O/c1-3-5-15-6-8-16(9-7-15)18-11-10-17(14-20(18)24)19-12-13-21(27-4-2)23(26)22(19)25/h3,5,10-16H,4,6-9H2,1-2H3/b5-3+. The Labute approximate surface area is 158 Å². The zero-order chi connectivity index (χ0) is 19.4. The molecule has 0 radical (unpaired) electrons. The molecule has 0 aliphatic heterocycles. The molecule has 2 aromatic rings. The Kier molecular flexibility index (Phi) is 6.25. The Morgan fingerprint density at radius 2 is 1.74 bits per heavy atom. The van der Waals surface area contributed by atoms with Crippen molar-refractivity contribution in [2.75, 3.05) is 6.61 Å². The van der Waals surface area contributed by atoms with Crippen LogP contribution in [0.5, 0.6) is 5.75 Å². The molecule has 27 heavy (non-hydrogen) atoms. The molecule has 0 N–H and O–H groups in total. The van der Waals surface area contributed by atoms with Gasteiger partial charge in [0, 0.05) is 5.56 Å². The van der Waals surface area contributed by atoms with E-state index >= 15 is 0 Å². The van der Waals surface area contributed by atoms with E-state index in [0.29, 0.717) is 17.0 Å². The summed E-state index contributed by atoms with van der Waals surface area (Å²) in [7, 11) is 0. The van der Waals surface area contributed by atoms with E-state index in [1.807, 2.05) is 6.92 Å². The summed E-state index contributed by atoms with van der Waals surface area (Å²) in [6.45, 7) is 3.97. The summed E-state index contributed by atoms with van der Waals surface area (Å²) in [6, 6.07) is 7.52. The van der Waals surface area contributed by atoms with Crippen molar-refractivity contribution in [1.29, 1.82) is 0 Å². The molecule has 3 rings (SSSR count). The third-order valence-corrected chi connectivity index (χ3v) is 5.33. The summed E-state index contributed by atoms with van der Waals surface area (Å²) in [5.41, 5.74) is 1.04. The normalized spacial score (nSPS) is 20.2. The van der Waals surface area contributed by atoms with Gasteiger partial charge in [0.1, 0.15) is 5.82 Å². The average Bonchev–Trinajstić information content (AvgIpc) is 2.67. The predicted molar refractivity (Wildman–Crippen MR) is 102 cm³/mol. The van der Waals surface area contributed by atoms with E-state index in [1.54, 1.807) is 19.1 Å². The smallest absolute Gasteiger partial charge is 0.201 e. The molecule has 0 amide bonds. The van der Waals surface area contributed by atoms with Crippen molar-refractivity contribution >= 4 is 0 Å². The average molecular weight is 374 g/mol. The highest BCUT2D eigenvalue weighted by molar-refractivity contribution is 5.66. The van der Waals surface area contributed by atoms with Crippen LogP contribution in [0.1, 0.15) is 51.0 Å². The van der Waals surface area contributed by atoms with Gasteiger partial charge in [-0.3, -0.25) is 0 Å². The van der Waals surface area contributed by atoms with Crippen LogP contribution < -0.4 is 4.74 Å². The second-order valence-electron chi connectivity index (χ2n) is 7.05. The first-order chi connectivity index (χ1) is 13.0. The first kappa shape index (κ1) is 19.5. The lowest BCUT2D eigenvalue weighted by molar-refractivity contribution is 0.314. The summed E-state index contributed by atoms with van der Waals surface area (Å²) < 4.78 is 48.3. The van der Waals surface area contributed by atoms with Gasteiger partial charge in [-0.15, -0.1) is 0 Å². The zero-order valence-corrected chi connectivity index (χ0v) is 15.8. The summed E-state index contributed by atoms with van der Waals surface area (Å²) in [5.74, 6) is -1.78. The minimum Gasteiger partial charge on any atom is -0.491 e. The molecule has 144 valence electrons. The molecular formula is C23H25F3O. The molecule has 1 aliphatic carbocycles. The summed E-state index contributed by atoms with van der Waals surface area (Å²) in [6.07, 6.45) is 8.28. The van der Waals surface area contributed by atoms with Gasteiger partial charge >= 0.3 is 0 Å². The zero-order valence-electron chi connectivity index (χ0n) is 15.8. The third-order valence-electron chi connectivity index (χ3n) is 5.33. The van der Waals surface area contributed by atoms with E-state index in [0.717, 1.165) is 25.7 Å². The Morgan fingerprint density at radius 3 is 2.37 bits per heavy atom. The monoisotopic (exact) mass is 374 g/mol. The van der Waals surface area contributed by atoms with Crippen LogP contribution >= 0.6 is 0 Å². The van der Waals surface area contributed by atoms with Gasteiger partial charge in [0.15, 0.2) is 11.6 Å². The lowest BCUT2D eigenvalue weighted by Crippen LogP contribution is -2.13. The van der Waals surface area contributed by atoms with Crippen LogP contribution in [0.2, 0.25) is 0 Å². The highest BCUT2D eigenvalue weighted by Gasteiger charge is 2.24. The van der Waals surface area contributed by atoms with Gasteiger partial charge in [-0.2, -0.15) is 4.39 Å². The maximum absolute atomic E-state index is 14.7. The molecule has 1 saturated carbocycles. The minimum absolute atomic E-state index is 0.0400. The van der Waals surface area contributed by atoms with Gasteiger partial charge in [0.25, 0.3) is 0 Å². The second-order valence-corrected chi connectivity index (χ2v) is 7.05. The number of benzene rings is 2. The fraction of sp³-hybridized carbons (Fsp3) is 0.391. The Hall–Kier alpha value is -2.23. The van der Waals surface area contributed by atoms with Crippen LogP contribution in [0.25, 0.3) is 11.1 Å². The van der Waals surface area contributed by atoms with Gasteiger partial charge in [-0.1, -0.05) is 24.3 Å². The predicted octanol–water partition coefficient (Wildman–Crippen LogP) is 7.02. The van der Waals surface area contributed by atoms with E-state index in [-0.39, 0.29) is 29.7 Å². The van der Waals surface area contributed by atoms with Crippen molar-refractivity contribution in [3.8, 4) is 16.9 Å². The fourth-order valence-corrected chi connectivity index (χ4v) is 3.94. The number of allylic oxidation sites excluding steroid dienone is 2. The van der Waals surface area contributed by atoms with Crippen molar-refractivity contribution in [2.24, 2.45) is 5.92 Å². The fourth-order valence-electron chi connectivity index (χ4n) is 3.94. The van der Waals surface area contributed by atoms with Crippen LogP contribution in [-0.4, -0.2) is 6.61 Å². The van der Waals surface area contributed by atoms with E-state index in [4.69, 9.17) is 4.74 Å². The number of hydrogen-bond acceptors (Lipinski definition) is 1. The van der Waals surface area contributed by atoms with E-state index in [1.165, 1.54) is 18.2 Å². The number of ether oxygens (including phenoxy) is 1. The molecule has 4 heteroatoms. The molecule has 0 bridgehead atoms. The molecule has 0 heterocycles. The van der Waals surface area contributed by atoms with Crippen LogP contribution in [0.15, 0.2) is 42.5 Å². The largest absolute Gasteiger partial charge is 0.491 e. The van der Waals surface area contributed by atoms with Gasteiger partial charge in [0.2, 0.25) is 5.82 Å². The number of halogens is 3. The Bertz CT molecular complexity index is 821. The van der Waals surface area contributed by atoms with Crippen molar-refractivity contribution in [1.82, 2.24) is 0 Å². The van der Waals surface area contributed by atoms with Crippen LogP contribution in [-0.2, 0) is 0 Å². The summed E-state index contributed by atoms with van der Waals surface area (Å²) in [4.78, 5) is 0. The number of hydrogen-bond donors (Lipinski definition) is 0. The second kappa shape index (κ2) is 8.64. The maximum Gasteiger partial charge on any atom is 0.201 e. The summed E-state index contributed by atoms with van der Waals surface area (Å²) >= 11 is 0. The lowest BCUT2D eigenvalue weighted by Gasteiger charge is -2.27. The van der Waals surface area contributed by atoms with Gasteiger partial charge < -0.3 is 4.74 Å². The van der Waals surface area contributed by atoms with Crippen molar-refractivity contribution in [2.45, 2.75) is 45.4 Å². The van der Waals surface area contributed by atoms with Crippen molar-refractivity contribution in [3.63, 3.8) is 0 Å². The minimum atomic E-state index is -1.04. The third kappa shape index (κ3) is 4.20.